The second kappa shape index (κ2) is 11.2. The first-order valence-electron chi connectivity index (χ1n) is 16.3. The van der Waals surface area contributed by atoms with Gasteiger partial charge in [-0.15, -0.1) is 0 Å². The van der Waals surface area contributed by atoms with Crippen molar-refractivity contribution in [2.45, 2.75) is 133 Å². The monoisotopic (exact) mass is 532 g/mol. The highest BCUT2D eigenvalue weighted by Gasteiger charge is 2.45. The van der Waals surface area contributed by atoms with Crippen molar-refractivity contribution in [3.63, 3.8) is 0 Å². The SMILES string of the molecule is O=C(O)CN1CCCC[C@H]1Cc1nc2ccccc2n1[C@@H]1C[C@H]2CCC[C@@H](C1)N2[C@H]1C[C@@H]2CCCC[C@@H](C2)C1. The van der Waals surface area contributed by atoms with Crippen molar-refractivity contribution in [3.8, 4) is 0 Å². The normalized spacial score (nSPS) is 36.1. The van der Waals surface area contributed by atoms with Gasteiger partial charge in [-0.1, -0.05) is 50.7 Å². The predicted molar refractivity (Wildman–Crippen MR) is 155 cm³/mol. The van der Waals surface area contributed by atoms with Gasteiger partial charge in [-0.05, 0) is 88.3 Å². The van der Waals surface area contributed by atoms with Crippen LogP contribution in [-0.4, -0.2) is 67.7 Å². The number of nitrogens with zero attached hydrogens (tertiary/aromatic N) is 4. The third kappa shape index (κ3) is 5.28. The van der Waals surface area contributed by atoms with Gasteiger partial charge in [0.15, 0.2) is 0 Å². The zero-order chi connectivity index (χ0) is 26.3. The van der Waals surface area contributed by atoms with Crippen LogP contribution >= 0.6 is 0 Å². The largest absolute Gasteiger partial charge is 0.480 e. The van der Waals surface area contributed by atoms with Crippen molar-refractivity contribution >= 4 is 17.0 Å². The number of aliphatic carboxylic acids is 1. The Morgan fingerprint density at radius 3 is 2.26 bits per heavy atom. The van der Waals surface area contributed by atoms with Gasteiger partial charge < -0.3 is 9.67 Å². The van der Waals surface area contributed by atoms with Crippen LogP contribution in [0.15, 0.2) is 24.3 Å². The van der Waals surface area contributed by atoms with Crippen LogP contribution in [-0.2, 0) is 11.2 Å². The van der Waals surface area contributed by atoms with Crippen LogP contribution in [0.4, 0.5) is 0 Å². The highest BCUT2D eigenvalue weighted by atomic mass is 16.4. The fourth-order valence-electron chi connectivity index (χ4n) is 9.84. The number of para-hydroxylation sites is 2. The highest BCUT2D eigenvalue weighted by Crippen LogP contribution is 2.47. The average molecular weight is 533 g/mol. The van der Waals surface area contributed by atoms with Gasteiger partial charge in [0, 0.05) is 36.6 Å². The molecule has 7 atom stereocenters. The third-order valence-corrected chi connectivity index (χ3v) is 11.3. The van der Waals surface area contributed by atoms with E-state index < -0.39 is 5.97 Å². The van der Waals surface area contributed by atoms with Crippen molar-refractivity contribution in [1.29, 1.82) is 0 Å². The smallest absolute Gasteiger partial charge is 0.317 e. The second-order valence-electron chi connectivity index (χ2n) is 13.8. The molecule has 2 saturated carbocycles. The minimum atomic E-state index is -0.710. The van der Waals surface area contributed by atoms with E-state index in [1.807, 2.05) is 0 Å². The lowest BCUT2D eigenvalue weighted by molar-refractivity contribution is -0.139. The molecule has 3 aliphatic heterocycles. The topological polar surface area (TPSA) is 61.6 Å². The third-order valence-electron chi connectivity index (χ3n) is 11.3. The van der Waals surface area contributed by atoms with Crippen LogP contribution < -0.4 is 0 Å². The minimum Gasteiger partial charge on any atom is -0.480 e. The number of carboxylic acid groups (broad SMARTS) is 1. The average Bonchev–Trinajstić information content (AvgIpc) is 3.19. The molecule has 0 amide bonds. The van der Waals surface area contributed by atoms with Crippen LogP contribution in [0.3, 0.4) is 0 Å². The van der Waals surface area contributed by atoms with Crippen molar-refractivity contribution in [1.82, 2.24) is 19.4 Å². The molecule has 0 spiro atoms. The fraction of sp³-hybridized carbons (Fsp3) is 0.758. The molecule has 4 bridgehead atoms. The molecule has 2 aliphatic carbocycles. The van der Waals surface area contributed by atoms with Gasteiger partial charge >= 0.3 is 5.97 Å². The standard InChI is InChI=1S/C33H48N4O2/c38-33(39)22-35-15-6-5-10-25(35)21-32-34-30-13-3-4-14-31(30)37(32)29-19-26-11-7-12-27(20-29)36(26)28-17-23-8-1-2-9-24(16-23)18-28/h3-4,13-14,23-29H,1-2,5-12,15-22H2,(H,38,39)/t23-,24+,25-,26-,27+,28+,29-/m0/s1. The van der Waals surface area contributed by atoms with Crippen molar-refractivity contribution in [2.75, 3.05) is 13.1 Å². The molecular formula is C33H48N4O2. The van der Waals surface area contributed by atoms with Gasteiger partial charge in [-0.2, -0.15) is 0 Å². The Morgan fingerprint density at radius 1 is 0.795 bits per heavy atom. The maximum absolute atomic E-state index is 11.6. The number of benzene rings is 1. The molecule has 2 aromatic rings. The van der Waals surface area contributed by atoms with E-state index >= 15 is 0 Å². The van der Waals surface area contributed by atoms with E-state index in [9.17, 15) is 9.90 Å². The summed E-state index contributed by atoms with van der Waals surface area (Å²) < 4.78 is 2.63. The quantitative estimate of drug-likeness (QED) is 0.464. The van der Waals surface area contributed by atoms with Crippen molar-refractivity contribution in [2.24, 2.45) is 11.8 Å². The summed E-state index contributed by atoms with van der Waals surface area (Å²) in [5.41, 5.74) is 2.39. The van der Waals surface area contributed by atoms with Gasteiger partial charge in [0.05, 0.1) is 17.6 Å². The summed E-state index contributed by atoms with van der Waals surface area (Å²) in [6.45, 7) is 1.04. The van der Waals surface area contributed by atoms with E-state index in [1.54, 1.807) is 0 Å². The van der Waals surface area contributed by atoms with Gasteiger partial charge in [0.2, 0.25) is 0 Å². The molecule has 4 heterocycles. The summed E-state index contributed by atoms with van der Waals surface area (Å²) in [7, 11) is 0. The van der Waals surface area contributed by atoms with Crippen LogP contribution in [0.25, 0.3) is 11.0 Å². The number of aromatic nitrogens is 2. The van der Waals surface area contributed by atoms with E-state index in [2.05, 4.69) is 38.6 Å². The van der Waals surface area contributed by atoms with Crippen molar-refractivity contribution in [3.05, 3.63) is 30.1 Å². The zero-order valence-electron chi connectivity index (χ0n) is 23.7. The van der Waals surface area contributed by atoms with Crippen molar-refractivity contribution < 1.29 is 9.90 Å². The maximum Gasteiger partial charge on any atom is 0.317 e. The number of carboxylic acids is 1. The molecule has 1 N–H and O–H groups in total. The summed E-state index contributed by atoms with van der Waals surface area (Å²) in [5.74, 6) is 2.43. The molecule has 3 saturated heterocycles. The molecule has 6 nitrogen and oxygen atoms in total. The van der Waals surface area contributed by atoms with Gasteiger partial charge in [0.1, 0.15) is 5.82 Å². The van der Waals surface area contributed by atoms with Gasteiger partial charge in [0.25, 0.3) is 0 Å². The Kier molecular flexibility index (Phi) is 7.44. The Bertz CT molecular complexity index is 1130. The number of carbonyl (C=O) groups is 1. The molecule has 1 aromatic heterocycles. The molecule has 1 aromatic carbocycles. The molecule has 7 rings (SSSR count). The Labute approximate surface area is 234 Å². The Balaban J connectivity index is 1.16. The fourth-order valence-corrected chi connectivity index (χ4v) is 9.84. The number of likely N-dealkylation sites (tertiary alicyclic amines) is 1. The molecule has 5 aliphatic rings. The van der Waals surface area contributed by atoms with Crippen LogP contribution in [0.2, 0.25) is 0 Å². The highest BCUT2D eigenvalue weighted by molar-refractivity contribution is 5.76. The van der Waals surface area contributed by atoms with Gasteiger partial charge in [-0.3, -0.25) is 14.6 Å². The summed E-state index contributed by atoms with van der Waals surface area (Å²) >= 11 is 0. The first-order chi connectivity index (χ1) is 19.1. The van der Waals surface area contributed by atoms with Crippen LogP contribution in [0.1, 0.15) is 108 Å². The van der Waals surface area contributed by atoms with E-state index in [1.165, 1.54) is 94.8 Å². The zero-order valence-corrected chi connectivity index (χ0v) is 23.7. The summed E-state index contributed by atoms with van der Waals surface area (Å²) in [6, 6.07) is 11.7. The Morgan fingerprint density at radius 2 is 1.51 bits per heavy atom. The number of piperidine rings is 3. The molecule has 0 radical (unpaired) electrons. The summed E-state index contributed by atoms with van der Waals surface area (Å²) in [6.07, 6.45) is 21.1. The van der Waals surface area contributed by atoms with Gasteiger partial charge in [-0.25, -0.2) is 4.98 Å². The lowest BCUT2D eigenvalue weighted by atomic mass is 9.73. The van der Waals surface area contributed by atoms with Crippen LogP contribution in [0.5, 0.6) is 0 Å². The molecule has 212 valence electrons. The molecule has 5 fully saturated rings. The number of rotatable bonds is 6. The Hall–Kier alpha value is -1.92. The summed E-state index contributed by atoms with van der Waals surface area (Å²) in [4.78, 5) is 22.1. The predicted octanol–water partition coefficient (Wildman–Crippen LogP) is 6.43. The number of hydrogen-bond donors (Lipinski definition) is 1. The first kappa shape index (κ1) is 26.0. The first-order valence-corrected chi connectivity index (χ1v) is 16.3. The van der Waals surface area contributed by atoms with E-state index in [-0.39, 0.29) is 12.6 Å². The molecule has 0 unspecified atom stereocenters. The number of fused-ring (bicyclic) bond motifs is 5. The lowest BCUT2D eigenvalue weighted by Crippen LogP contribution is -2.58. The van der Waals surface area contributed by atoms with Crippen LogP contribution in [0, 0.1) is 11.8 Å². The number of hydrogen-bond acceptors (Lipinski definition) is 4. The summed E-state index contributed by atoms with van der Waals surface area (Å²) in [5, 5.41) is 9.55. The lowest BCUT2D eigenvalue weighted by Gasteiger charge is -2.54. The molecular weight excluding hydrogens is 484 g/mol. The van der Waals surface area contributed by atoms with E-state index in [0.717, 1.165) is 49.2 Å². The minimum absolute atomic E-state index is 0.150. The van der Waals surface area contributed by atoms with E-state index in [4.69, 9.17) is 4.98 Å². The van der Waals surface area contributed by atoms with E-state index in [0.29, 0.717) is 18.1 Å². The molecule has 6 heteroatoms. The number of imidazole rings is 1. The second-order valence-corrected chi connectivity index (χ2v) is 13.8. The maximum atomic E-state index is 11.6. The molecule has 39 heavy (non-hydrogen) atoms.